The first-order valence-electron chi connectivity index (χ1n) is 13.9. The zero-order chi connectivity index (χ0) is 28.1. The van der Waals surface area contributed by atoms with Crippen molar-refractivity contribution in [2.24, 2.45) is 5.73 Å². The molecule has 0 aliphatic carbocycles. The summed E-state index contributed by atoms with van der Waals surface area (Å²) in [5, 5.41) is 3.90. The predicted octanol–water partition coefficient (Wildman–Crippen LogP) is 4.16. The molecule has 208 valence electrons. The van der Waals surface area contributed by atoms with Crippen LogP contribution in [-0.2, 0) is 17.7 Å². The van der Waals surface area contributed by atoms with E-state index in [4.69, 9.17) is 10.5 Å². The molecule has 4 aromatic rings. The van der Waals surface area contributed by atoms with E-state index >= 15 is 0 Å². The number of aromatic nitrogens is 2. The highest BCUT2D eigenvalue weighted by Gasteiger charge is 2.17. The Labute approximate surface area is 234 Å². The molecular formula is C32H37N5O3. The minimum absolute atomic E-state index is 0.0537. The average Bonchev–Trinajstić information content (AvgIpc) is 2.97. The molecule has 0 radical (unpaired) electrons. The number of rotatable bonds is 9. The van der Waals surface area contributed by atoms with Crippen molar-refractivity contribution in [2.45, 2.75) is 33.2 Å². The lowest BCUT2D eigenvalue weighted by atomic mass is 9.99. The van der Waals surface area contributed by atoms with Gasteiger partial charge < -0.3 is 20.4 Å². The minimum atomic E-state index is -0.186. The number of nitrogens with one attached hydrogen (secondary N) is 1. The number of hydrogen-bond acceptors (Lipinski definition) is 6. The molecular weight excluding hydrogens is 502 g/mol. The van der Waals surface area contributed by atoms with Gasteiger partial charge in [0.1, 0.15) is 0 Å². The maximum atomic E-state index is 14.1. The van der Waals surface area contributed by atoms with Crippen molar-refractivity contribution in [3.63, 3.8) is 0 Å². The smallest absolute Gasteiger partial charge is 0.258 e. The van der Waals surface area contributed by atoms with Gasteiger partial charge in [0.15, 0.2) is 0 Å². The number of morpholine rings is 1. The Bertz CT molecular complexity index is 1570. The molecule has 0 bridgehead atoms. The van der Waals surface area contributed by atoms with Gasteiger partial charge in [0, 0.05) is 60.3 Å². The highest BCUT2D eigenvalue weighted by molar-refractivity contribution is 6.04. The van der Waals surface area contributed by atoms with Gasteiger partial charge >= 0.3 is 0 Å². The third kappa shape index (κ3) is 6.31. The monoisotopic (exact) mass is 539 g/mol. The van der Waals surface area contributed by atoms with E-state index in [1.807, 2.05) is 73.1 Å². The van der Waals surface area contributed by atoms with E-state index in [0.29, 0.717) is 43.1 Å². The van der Waals surface area contributed by atoms with Crippen LogP contribution in [0, 0.1) is 13.8 Å². The fraction of sp³-hybridized carbons (Fsp3) is 0.344. The molecule has 1 aliphatic heterocycles. The molecule has 0 saturated carbocycles. The van der Waals surface area contributed by atoms with E-state index < -0.39 is 0 Å². The summed E-state index contributed by atoms with van der Waals surface area (Å²) in [5.41, 5.74) is 12.1. The Morgan fingerprint density at radius 1 is 1.02 bits per heavy atom. The summed E-state index contributed by atoms with van der Waals surface area (Å²) >= 11 is 0. The summed E-state index contributed by atoms with van der Waals surface area (Å²) in [7, 11) is 0. The van der Waals surface area contributed by atoms with Crippen molar-refractivity contribution < 1.29 is 9.53 Å². The van der Waals surface area contributed by atoms with Crippen LogP contribution in [0.1, 0.15) is 33.6 Å². The zero-order valence-corrected chi connectivity index (χ0v) is 23.3. The summed E-state index contributed by atoms with van der Waals surface area (Å²) in [5.74, 6) is -0.186. The van der Waals surface area contributed by atoms with Crippen molar-refractivity contribution in [3.05, 3.63) is 93.5 Å². The molecule has 0 atom stereocenters. The molecule has 1 amide bonds. The van der Waals surface area contributed by atoms with Crippen molar-refractivity contribution in [3.8, 4) is 11.1 Å². The molecule has 0 spiro atoms. The molecule has 1 saturated heterocycles. The number of nitrogens with two attached hydrogens (primary N) is 1. The van der Waals surface area contributed by atoms with Gasteiger partial charge in [-0.15, -0.1) is 0 Å². The number of fused-ring (bicyclic) bond motifs is 1. The van der Waals surface area contributed by atoms with Crippen molar-refractivity contribution in [2.75, 3.05) is 44.7 Å². The second-order valence-electron chi connectivity index (χ2n) is 10.4. The Morgan fingerprint density at radius 2 is 1.85 bits per heavy atom. The van der Waals surface area contributed by atoms with E-state index in [1.54, 1.807) is 6.07 Å². The van der Waals surface area contributed by atoms with Gasteiger partial charge in [-0.25, -0.2) is 0 Å². The first kappa shape index (κ1) is 27.7. The van der Waals surface area contributed by atoms with Crippen LogP contribution in [0.5, 0.6) is 0 Å². The average molecular weight is 540 g/mol. The third-order valence-electron chi connectivity index (χ3n) is 7.48. The number of carbonyl (C=O) groups excluding carboxylic acids is 1. The maximum absolute atomic E-state index is 14.1. The lowest BCUT2D eigenvalue weighted by Crippen LogP contribution is -2.39. The number of nitrogens with zero attached hydrogens (tertiary/aromatic N) is 3. The molecule has 3 N–H and O–H groups in total. The summed E-state index contributed by atoms with van der Waals surface area (Å²) < 4.78 is 7.38. The highest BCUT2D eigenvalue weighted by Crippen LogP contribution is 2.28. The number of pyridine rings is 2. The largest absolute Gasteiger partial charge is 0.379 e. The first-order chi connectivity index (χ1) is 19.4. The number of carbonyl (C=O) groups is 1. The van der Waals surface area contributed by atoms with E-state index in [1.165, 1.54) is 0 Å². The van der Waals surface area contributed by atoms with E-state index in [-0.39, 0.29) is 11.5 Å². The Morgan fingerprint density at radius 3 is 2.62 bits per heavy atom. The summed E-state index contributed by atoms with van der Waals surface area (Å²) in [6.07, 6.45) is 3.47. The topological polar surface area (TPSA) is 102 Å². The Hall–Kier alpha value is -3.85. The van der Waals surface area contributed by atoms with Gasteiger partial charge in [-0.05, 0) is 80.8 Å². The van der Waals surface area contributed by atoms with Crippen molar-refractivity contribution in [1.82, 2.24) is 14.5 Å². The van der Waals surface area contributed by atoms with Crippen LogP contribution in [0.15, 0.2) is 65.6 Å². The molecule has 3 heterocycles. The fourth-order valence-corrected chi connectivity index (χ4v) is 5.19. The number of hydrogen-bond donors (Lipinski definition) is 2. The predicted molar refractivity (Wildman–Crippen MR) is 160 cm³/mol. The molecule has 5 rings (SSSR count). The lowest BCUT2D eigenvalue weighted by Gasteiger charge is -2.27. The maximum Gasteiger partial charge on any atom is 0.258 e. The second-order valence-corrected chi connectivity index (χ2v) is 10.4. The van der Waals surface area contributed by atoms with Crippen molar-refractivity contribution >= 4 is 22.5 Å². The van der Waals surface area contributed by atoms with Crippen molar-refractivity contribution in [1.29, 1.82) is 0 Å². The molecule has 1 aliphatic rings. The number of aryl methyl sites for hydroxylation is 3. The third-order valence-corrected chi connectivity index (χ3v) is 7.48. The molecule has 2 aromatic heterocycles. The van der Waals surface area contributed by atoms with Crippen LogP contribution in [0.3, 0.4) is 0 Å². The summed E-state index contributed by atoms with van der Waals surface area (Å²) in [6.45, 7) is 9.00. The molecule has 2 aromatic carbocycles. The normalized spacial score (nSPS) is 14.0. The number of amides is 1. The number of anilines is 1. The summed E-state index contributed by atoms with van der Waals surface area (Å²) in [6, 6.07) is 17.1. The van der Waals surface area contributed by atoms with E-state index in [9.17, 15) is 9.59 Å². The van der Waals surface area contributed by atoms with Gasteiger partial charge in [-0.1, -0.05) is 23.8 Å². The fourth-order valence-electron chi connectivity index (χ4n) is 5.19. The number of ether oxygens (including phenoxy) is 1. The van der Waals surface area contributed by atoms with E-state index in [0.717, 1.165) is 65.8 Å². The molecule has 8 nitrogen and oxygen atoms in total. The first-order valence-corrected chi connectivity index (χ1v) is 13.9. The van der Waals surface area contributed by atoms with Crippen LogP contribution in [0.25, 0.3) is 22.0 Å². The standard InChI is InChI=1S/C32H37N5O3/c1-22-5-3-6-24(17-22)31(38)35-27-9-8-23(2)28(19-27)29-18-25-21-34-26(7-4-10-33)20-30(25)37(32(29)39)12-11-36-13-15-40-16-14-36/h3,5-6,8-9,17-21H,4,7,10-16,33H2,1-2H3,(H,35,38). The van der Waals surface area contributed by atoms with Gasteiger partial charge in [-0.2, -0.15) is 0 Å². The van der Waals surface area contributed by atoms with Crippen LogP contribution < -0.4 is 16.6 Å². The number of benzene rings is 2. The Kier molecular flexibility index (Phi) is 8.69. The van der Waals surface area contributed by atoms with Gasteiger partial charge in [0.05, 0.1) is 18.7 Å². The van der Waals surface area contributed by atoms with Gasteiger partial charge in [0.25, 0.3) is 11.5 Å². The SMILES string of the molecule is Cc1cccc(C(=O)Nc2ccc(C)c(-c3cc4cnc(CCCN)cc4n(CCN4CCOCC4)c3=O)c2)c1. The highest BCUT2D eigenvalue weighted by atomic mass is 16.5. The van der Waals surface area contributed by atoms with Gasteiger partial charge in [0.2, 0.25) is 0 Å². The van der Waals surface area contributed by atoms with Crippen LogP contribution in [0.4, 0.5) is 5.69 Å². The quantitative estimate of drug-likeness (QED) is 0.331. The van der Waals surface area contributed by atoms with Gasteiger partial charge in [-0.3, -0.25) is 19.5 Å². The zero-order valence-electron chi connectivity index (χ0n) is 23.3. The van der Waals surface area contributed by atoms with Crippen LogP contribution in [0.2, 0.25) is 0 Å². The second kappa shape index (κ2) is 12.6. The molecule has 40 heavy (non-hydrogen) atoms. The van der Waals surface area contributed by atoms with Crippen LogP contribution in [-0.4, -0.2) is 59.8 Å². The summed E-state index contributed by atoms with van der Waals surface area (Å²) in [4.78, 5) is 34.0. The Balaban J connectivity index is 1.53. The molecule has 1 fully saturated rings. The van der Waals surface area contributed by atoms with Crippen LogP contribution >= 0.6 is 0 Å². The lowest BCUT2D eigenvalue weighted by molar-refractivity contribution is 0.0364. The minimum Gasteiger partial charge on any atom is -0.379 e. The molecule has 0 unspecified atom stereocenters. The van der Waals surface area contributed by atoms with E-state index in [2.05, 4.69) is 15.2 Å². The molecule has 8 heteroatoms.